The molecule has 0 radical (unpaired) electrons. The first-order valence-electron chi connectivity index (χ1n) is 8.93. The van der Waals surface area contributed by atoms with Crippen LogP contribution >= 0.6 is 11.6 Å². The van der Waals surface area contributed by atoms with E-state index in [1.165, 1.54) is 24.3 Å². The minimum absolute atomic E-state index is 0.0848. The Morgan fingerprint density at radius 1 is 1.07 bits per heavy atom. The van der Waals surface area contributed by atoms with Gasteiger partial charge in [-0.15, -0.1) is 0 Å². The third kappa shape index (κ3) is 4.60. The van der Waals surface area contributed by atoms with Gasteiger partial charge in [0.15, 0.2) is 5.82 Å². The largest absolute Gasteiger partial charge is 0.417 e. The molecular formula is C19H17ClF4N2O3S. The molecule has 1 aliphatic rings. The van der Waals surface area contributed by atoms with Gasteiger partial charge in [-0.3, -0.25) is 4.79 Å². The maximum atomic E-state index is 13.9. The summed E-state index contributed by atoms with van der Waals surface area (Å²) in [4.78, 5) is 11.6. The van der Waals surface area contributed by atoms with Crippen LogP contribution in [0.15, 0.2) is 47.4 Å². The number of hydrogen-bond donors (Lipinski definition) is 1. The van der Waals surface area contributed by atoms with Gasteiger partial charge in [0.1, 0.15) is 0 Å². The number of nitrogens with one attached hydrogen (secondary N) is 1. The van der Waals surface area contributed by atoms with Gasteiger partial charge in [0, 0.05) is 19.0 Å². The third-order valence-electron chi connectivity index (χ3n) is 4.84. The number of anilines is 1. The van der Waals surface area contributed by atoms with E-state index in [2.05, 4.69) is 5.32 Å². The minimum Gasteiger partial charge on any atom is -0.323 e. The Balaban J connectivity index is 1.71. The summed E-state index contributed by atoms with van der Waals surface area (Å²) in [7, 11) is -4.39. The molecule has 0 bridgehead atoms. The van der Waals surface area contributed by atoms with Gasteiger partial charge in [0.05, 0.1) is 21.2 Å². The zero-order valence-corrected chi connectivity index (χ0v) is 17.0. The van der Waals surface area contributed by atoms with Gasteiger partial charge in [-0.05, 0) is 37.1 Å². The Kier molecular flexibility index (Phi) is 6.40. The predicted molar refractivity (Wildman–Crippen MR) is 103 cm³/mol. The molecule has 0 atom stereocenters. The maximum absolute atomic E-state index is 13.9. The van der Waals surface area contributed by atoms with Crippen LogP contribution in [-0.2, 0) is 21.0 Å². The highest BCUT2D eigenvalue weighted by atomic mass is 35.5. The van der Waals surface area contributed by atoms with E-state index in [0.717, 1.165) is 16.4 Å². The Hall–Kier alpha value is -2.17. The van der Waals surface area contributed by atoms with Crippen molar-refractivity contribution in [2.45, 2.75) is 23.9 Å². The number of benzene rings is 2. The van der Waals surface area contributed by atoms with E-state index in [4.69, 9.17) is 11.6 Å². The summed E-state index contributed by atoms with van der Waals surface area (Å²) in [6.07, 6.45) is -4.65. The predicted octanol–water partition coefficient (Wildman–Crippen LogP) is 4.54. The van der Waals surface area contributed by atoms with Crippen molar-refractivity contribution < 1.29 is 30.8 Å². The highest BCUT2D eigenvalue weighted by Crippen LogP contribution is 2.36. The number of amides is 1. The molecular weight excluding hydrogens is 448 g/mol. The first-order valence-corrected chi connectivity index (χ1v) is 10.7. The molecule has 1 heterocycles. The molecule has 5 nitrogen and oxygen atoms in total. The van der Waals surface area contributed by atoms with Crippen molar-refractivity contribution >= 4 is 33.2 Å². The summed E-state index contributed by atoms with van der Waals surface area (Å²) in [5.74, 6) is -1.91. The molecule has 3 rings (SSSR count). The normalized spacial score (nSPS) is 16.4. The number of carbonyl (C=O) groups excluding carboxylic acids is 1. The Morgan fingerprint density at radius 2 is 1.70 bits per heavy atom. The molecule has 1 fully saturated rings. The summed E-state index contributed by atoms with van der Waals surface area (Å²) < 4.78 is 80.0. The second-order valence-corrected chi connectivity index (χ2v) is 9.08. The summed E-state index contributed by atoms with van der Waals surface area (Å²) in [6, 6.07) is 8.11. The Labute approximate surface area is 175 Å². The number of hydrogen-bond acceptors (Lipinski definition) is 3. The maximum Gasteiger partial charge on any atom is 0.417 e. The lowest BCUT2D eigenvalue weighted by molar-refractivity contribution is -0.139. The lowest BCUT2D eigenvalue weighted by atomic mass is 9.97. The summed E-state index contributed by atoms with van der Waals surface area (Å²) in [6.45, 7) is -0.269. The minimum atomic E-state index is -4.82. The van der Waals surface area contributed by atoms with Crippen molar-refractivity contribution in [3.8, 4) is 0 Å². The van der Waals surface area contributed by atoms with Crippen LogP contribution in [0.3, 0.4) is 0 Å². The van der Waals surface area contributed by atoms with Crippen LogP contribution in [0.4, 0.5) is 23.2 Å². The Morgan fingerprint density at radius 3 is 2.33 bits per heavy atom. The monoisotopic (exact) mass is 464 g/mol. The van der Waals surface area contributed by atoms with Crippen LogP contribution in [-0.4, -0.2) is 31.7 Å². The van der Waals surface area contributed by atoms with Gasteiger partial charge >= 0.3 is 6.18 Å². The van der Waals surface area contributed by atoms with Gasteiger partial charge in [-0.2, -0.15) is 17.5 Å². The van der Waals surface area contributed by atoms with Crippen molar-refractivity contribution in [2.24, 2.45) is 5.92 Å². The van der Waals surface area contributed by atoms with Crippen molar-refractivity contribution in [3.05, 3.63) is 58.9 Å². The Bertz CT molecular complexity index is 1050. The lowest BCUT2D eigenvalue weighted by Gasteiger charge is -2.31. The summed E-state index contributed by atoms with van der Waals surface area (Å²) >= 11 is 5.68. The standard InChI is InChI=1S/C19H17ClF4N2O3S/c20-14-5-3-6-15(17(14)21)25-18(27)12-8-10-26(11-9-12)30(28,29)16-7-2-1-4-13(16)19(22,23)24/h1-7,12H,8-11H2,(H,25,27). The van der Waals surface area contributed by atoms with E-state index in [1.54, 1.807) is 0 Å². The lowest BCUT2D eigenvalue weighted by Crippen LogP contribution is -2.42. The third-order valence-corrected chi connectivity index (χ3v) is 7.09. The number of rotatable bonds is 4. The zero-order chi connectivity index (χ0) is 22.1. The van der Waals surface area contributed by atoms with Crippen LogP contribution in [0, 0.1) is 11.7 Å². The number of halogens is 5. The van der Waals surface area contributed by atoms with E-state index < -0.39 is 44.3 Å². The molecule has 0 unspecified atom stereocenters. The summed E-state index contributed by atoms with van der Waals surface area (Å²) in [5, 5.41) is 2.26. The molecule has 0 aromatic heterocycles. The van der Waals surface area contributed by atoms with Crippen LogP contribution in [0.2, 0.25) is 5.02 Å². The number of nitrogens with zero attached hydrogens (tertiary/aromatic N) is 1. The van der Waals surface area contributed by atoms with Crippen molar-refractivity contribution in [3.63, 3.8) is 0 Å². The van der Waals surface area contributed by atoms with E-state index >= 15 is 0 Å². The number of piperidine rings is 1. The molecule has 1 aliphatic heterocycles. The van der Waals surface area contributed by atoms with E-state index in [0.29, 0.717) is 6.07 Å². The van der Waals surface area contributed by atoms with Gasteiger partial charge in [0.25, 0.3) is 0 Å². The highest BCUT2D eigenvalue weighted by molar-refractivity contribution is 7.89. The SMILES string of the molecule is O=C(Nc1cccc(Cl)c1F)C1CCN(S(=O)(=O)c2ccccc2C(F)(F)F)CC1. The van der Waals surface area contributed by atoms with Gasteiger partial charge < -0.3 is 5.32 Å². The molecule has 0 spiro atoms. The molecule has 162 valence electrons. The second kappa shape index (κ2) is 8.52. The zero-order valence-electron chi connectivity index (χ0n) is 15.4. The van der Waals surface area contributed by atoms with Crippen molar-refractivity contribution in [2.75, 3.05) is 18.4 Å². The molecule has 0 aliphatic carbocycles. The van der Waals surface area contributed by atoms with Crippen molar-refractivity contribution in [1.29, 1.82) is 0 Å². The van der Waals surface area contributed by atoms with Crippen LogP contribution < -0.4 is 5.32 Å². The fraction of sp³-hybridized carbons (Fsp3) is 0.316. The van der Waals surface area contributed by atoms with Gasteiger partial charge in [-0.1, -0.05) is 29.8 Å². The quantitative estimate of drug-likeness (QED) is 0.676. The number of sulfonamides is 1. The highest BCUT2D eigenvalue weighted by Gasteiger charge is 2.40. The van der Waals surface area contributed by atoms with Crippen LogP contribution in [0.5, 0.6) is 0 Å². The fourth-order valence-electron chi connectivity index (χ4n) is 3.26. The van der Waals surface area contributed by atoms with Crippen LogP contribution in [0.1, 0.15) is 18.4 Å². The molecule has 2 aromatic carbocycles. The first kappa shape index (κ1) is 22.5. The fourth-order valence-corrected chi connectivity index (χ4v) is 5.11. The number of alkyl halides is 3. The average molecular weight is 465 g/mol. The average Bonchev–Trinajstić information content (AvgIpc) is 2.71. The van der Waals surface area contributed by atoms with E-state index in [9.17, 15) is 30.8 Å². The molecule has 2 aromatic rings. The molecule has 11 heteroatoms. The molecule has 0 saturated carbocycles. The number of carbonyl (C=O) groups is 1. The molecule has 1 saturated heterocycles. The molecule has 1 N–H and O–H groups in total. The molecule has 30 heavy (non-hydrogen) atoms. The second-order valence-electron chi connectivity index (χ2n) is 6.76. The van der Waals surface area contributed by atoms with Crippen LogP contribution in [0.25, 0.3) is 0 Å². The van der Waals surface area contributed by atoms with E-state index in [-0.39, 0.29) is 36.6 Å². The molecule has 1 amide bonds. The van der Waals surface area contributed by atoms with Gasteiger partial charge in [0.2, 0.25) is 15.9 Å². The topological polar surface area (TPSA) is 66.5 Å². The smallest absolute Gasteiger partial charge is 0.323 e. The summed E-state index contributed by atoms with van der Waals surface area (Å²) in [5.41, 5.74) is -1.33. The van der Waals surface area contributed by atoms with Gasteiger partial charge in [-0.25, -0.2) is 12.8 Å². The first-order chi connectivity index (χ1) is 14.0. The van der Waals surface area contributed by atoms with Crippen molar-refractivity contribution in [1.82, 2.24) is 4.31 Å². The van der Waals surface area contributed by atoms with E-state index in [1.807, 2.05) is 0 Å².